The number of amides is 1. The molecule has 0 saturated carbocycles. The second-order valence-corrected chi connectivity index (χ2v) is 6.30. The minimum Gasteiger partial charge on any atom is -0.497 e. The van der Waals surface area contributed by atoms with Gasteiger partial charge in [-0.1, -0.05) is 35.5 Å². The predicted molar refractivity (Wildman–Crippen MR) is 104 cm³/mol. The Bertz CT molecular complexity index is 932. The van der Waals surface area contributed by atoms with Crippen LogP contribution < -0.4 is 15.0 Å². The lowest BCUT2D eigenvalue weighted by molar-refractivity contribution is -0.115. The van der Waals surface area contributed by atoms with Crippen LogP contribution in [0.2, 0.25) is 0 Å². The zero-order valence-corrected chi connectivity index (χ0v) is 15.8. The molecule has 0 radical (unpaired) electrons. The van der Waals surface area contributed by atoms with E-state index in [-0.39, 0.29) is 18.5 Å². The van der Waals surface area contributed by atoms with Crippen LogP contribution in [-0.2, 0) is 4.79 Å². The molecule has 1 amide bonds. The second kappa shape index (κ2) is 7.90. The molecule has 3 rings (SSSR count). The average molecular weight is 366 g/mol. The summed E-state index contributed by atoms with van der Waals surface area (Å²) in [5.74, 6) is 0.988. The quantitative estimate of drug-likeness (QED) is 0.720. The van der Waals surface area contributed by atoms with E-state index >= 15 is 0 Å². The molecule has 0 spiro atoms. The maximum absolute atomic E-state index is 12.4. The highest BCUT2D eigenvalue weighted by Gasteiger charge is 2.16. The molecule has 140 valence electrons. The number of nitrogens with zero attached hydrogens (tertiary/aromatic N) is 3. The molecule has 27 heavy (non-hydrogen) atoms. The smallest absolute Gasteiger partial charge is 0.324 e. The van der Waals surface area contributed by atoms with Crippen LogP contribution in [0.25, 0.3) is 11.4 Å². The molecular formula is C20H22N4O3. The number of likely N-dealkylation sites (N-methyl/N-ethyl adjacent to an activating group) is 1. The fraction of sp³-hybridized carbons (Fsp3) is 0.250. The summed E-state index contributed by atoms with van der Waals surface area (Å²) in [5.41, 5.74) is 3.64. The van der Waals surface area contributed by atoms with Gasteiger partial charge in [-0.15, -0.1) is 0 Å². The first kappa shape index (κ1) is 18.4. The number of aromatic nitrogens is 2. The molecule has 7 heteroatoms. The van der Waals surface area contributed by atoms with E-state index in [4.69, 9.17) is 9.26 Å². The fourth-order valence-electron chi connectivity index (χ4n) is 2.72. The van der Waals surface area contributed by atoms with Crippen LogP contribution in [0.3, 0.4) is 0 Å². The zero-order chi connectivity index (χ0) is 19.4. The van der Waals surface area contributed by atoms with Gasteiger partial charge in [0.15, 0.2) is 0 Å². The van der Waals surface area contributed by atoms with Crippen LogP contribution in [0.4, 0.5) is 11.7 Å². The van der Waals surface area contributed by atoms with Crippen molar-refractivity contribution in [2.45, 2.75) is 13.8 Å². The lowest BCUT2D eigenvalue weighted by Gasteiger charge is -2.15. The Balaban J connectivity index is 1.69. The molecule has 0 aliphatic carbocycles. The number of para-hydroxylation sites is 1. The highest BCUT2D eigenvalue weighted by atomic mass is 16.5. The van der Waals surface area contributed by atoms with Crippen LogP contribution in [0.1, 0.15) is 11.1 Å². The Morgan fingerprint density at radius 3 is 2.59 bits per heavy atom. The van der Waals surface area contributed by atoms with Gasteiger partial charge in [-0.25, -0.2) is 0 Å². The number of hydrogen-bond donors (Lipinski definition) is 1. The first-order valence-electron chi connectivity index (χ1n) is 8.53. The molecule has 1 heterocycles. The normalized spacial score (nSPS) is 10.5. The third-order valence-electron chi connectivity index (χ3n) is 4.20. The van der Waals surface area contributed by atoms with Gasteiger partial charge in [0.05, 0.1) is 7.11 Å². The number of anilines is 2. The molecule has 0 fully saturated rings. The monoisotopic (exact) mass is 366 g/mol. The highest BCUT2D eigenvalue weighted by molar-refractivity contribution is 5.95. The van der Waals surface area contributed by atoms with Crippen molar-refractivity contribution in [1.82, 2.24) is 10.1 Å². The van der Waals surface area contributed by atoms with Crippen LogP contribution in [0, 0.1) is 13.8 Å². The Morgan fingerprint density at radius 2 is 1.89 bits per heavy atom. The zero-order valence-electron chi connectivity index (χ0n) is 15.8. The molecular weight excluding hydrogens is 344 g/mol. The van der Waals surface area contributed by atoms with Crippen molar-refractivity contribution in [2.24, 2.45) is 0 Å². The lowest BCUT2D eigenvalue weighted by Crippen LogP contribution is -2.30. The van der Waals surface area contributed by atoms with E-state index in [9.17, 15) is 4.79 Å². The van der Waals surface area contributed by atoms with Gasteiger partial charge in [0.1, 0.15) is 12.3 Å². The van der Waals surface area contributed by atoms with E-state index in [0.29, 0.717) is 11.6 Å². The minimum atomic E-state index is -0.156. The summed E-state index contributed by atoms with van der Waals surface area (Å²) in [6.45, 7) is 4.02. The first-order valence-corrected chi connectivity index (χ1v) is 8.53. The molecule has 1 aromatic heterocycles. The van der Waals surface area contributed by atoms with Gasteiger partial charge in [-0.3, -0.25) is 4.79 Å². The summed E-state index contributed by atoms with van der Waals surface area (Å²) >= 11 is 0. The van der Waals surface area contributed by atoms with Crippen molar-refractivity contribution >= 4 is 17.6 Å². The predicted octanol–water partition coefficient (Wildman–Crippen LogP) is 3.44. The summed E-state index contributed by atoms with van der Waals surface area (Å²) in [4.78, 5) is 18.4. The average Bonchev–Trinajstić information content (AvgIpc) is 3.15. The molecule has 0 unspecified atom stereocenters. The van der Waals surface area contributed by atoms with Crippen LogP contribution >= 0.6 is 0 Å². The van der Waals surface area contributed by atoms with Gasteiger partial charge in [-0.05, 0) is 37.1 Å². The maximum atomic E-state index is 12.4. The van der Waals surface area contributed by atoms with E-state index in [1.807, 2.05) is 56.3 Å². The van der Waals surface area contributed by atoms with Gasteiger partial charge in [0.25, 0.3) is 0 Å². The summed E-state index contributed by atoms with van der Waals surface area (Å²) < 4.78 is 10.5. The Kier molecular flexibility index (Phi) is 5.40. The molecule has 0 atom stereocenters. The number of hydrogen-bond acceptors (Lipinski definition) is 6. The van der Waals surface area contributed by atoms with E-state index in [1.54, 1.807) is 19.1 Å². The number of benzene rings is 2. The van der Waals surface area contributed by atoms with E-state index in [0.717, 1.165) is 22.4 Å². The van der Waals surface area contributed by atoms with Crippen LogP contribution in [0.5, 0.6) is 5.75 Å². The summed E-state index contributed by atoms with van der Waals surface area (Å²) in [7, 11) is 3.33. The SMILES string of the molecule is COc1cccc(-c2noc(N(C)CC(=O)Nc3c(C)cccc3C)n2)c1. The number of methoxy groups -OCH3 is 1. The third kappa shape index (κ3) is 4.25. The topological polar surface area (TPSA) is 80.5 Å². The molecule has 2 aromatic carbocycles. The number of nitrogens with one attached hydrogen (secondary N) is 1. The number of ether oxygens (including phenoxy) is 1. The van der Waals surface area contributed by atoms with Gasteiger partial charge in [-0.2, -0.15) is 4.98 Å². The molecule has 0 aliphatic rings. The molecule has 0 saturated heterocycles. The van der Waals surface area contributed by atoms with Gasteiger partial charge >= 0.3 is 6.01 Å². The van der Waals surface area contributed by atoms with Gasteiger partial charge in [0.2, 0.25) is 11.7 Å². The van der Waals surface area contributed by atoms with Crippen molar-refractivity contribution in [3.05, 3.63) is 53.6 Å². The highest BCUT2D eigenvalue weighted by Crippen LogP contribution is 2.23. The standard InChI is InChI=1S/C20H22N4O3/c1-13-7-5-8-14(2)18(13)21-17(25)12-24(3)20-22-19(23-27-20)15-9-6-10-16(11-15)26-4/h5-11H,12H2,1-4H3,(H,21,25). The molecule has 0 bridgehead atoms. The fourth-order valence-corrected chi connectivity index (χ4v) is 2.72. The summed E-state index contributed by atoms with van der Waals surface area (Å²) in [6, 6.07) is 13.5. The van der Waals surface area contributed by atoms with E-state index in [2.05, 4.69) is 15.5 Å². The Hall–Kier alpha value is -3.35. The Labute approximate surface area is 158 Å². The molecule has 3 aromatic rings. The number of rotatable bonds is 6. The van der Waals surface area contributed by atoms with E-state index < -0.39 is 0 Å². The maximum Gasteiger partial charge on any atom is 0.324 e. The largest absolute Gasteiger partial charge is 0.497 e. The molecule has 0 aliphatic heterocycles. The van der Waals surface area contributed by atoms with Crippen molar-refractivity contribution in [3.63, 3.8) is 0 Å². The number of carbonyl (C=O) groups excluding carboxylic acids is 1. The second-order valence-electron chi connectivity index (χ2n) is 6.30. The van der Waals surface area contributed by atoms with Crippen LogP contribution in [-0.4, -0.2) is 36.8 Å². The third-order valence-corrected chi connectivity index (χ3v) is 4.20. The number of carbonyl (C=O) groups is 1. The first-order chi connectivity index (χ1) is 13.0. The summed E-state index contributed by atoms with van der Waals surface area (Å²) in [5, 5.41) is 6.93. The van der Waals surface area contributed by atoms with Gasteiger partial charge in [0, 0.05) is 18.3 Å². The Morgan fingerprint density at radius 1 is 1.19 bits per heavy atom. The van der Waals surface area contributed by atoms with Crippen molar-refractivity contribution < 1.29 is 14.1 Å². The lowest BCUT2D eigenvalue weighted by atomic mass is 10.1. The molecule has 7 nitrogen and oxygen atoms in total. The van der Waals surface area contributed by atoms with Crippen molar-refractivity contribution in [2.75, 3.05) is 30.9 Å². The van der Waals surface area contributed by atoms with Gasteiger partial charge < -0.3 is 19.5 Å². The number of aryl methyl sites for hydroxylation is 2. The van der Waals surface area contributed by atoms with E-state index in [1.165, 1.54) is 0 Å². The van der Waals surface area contributed by atoms with Crippen molar-refractivity contribution in [3.8, 4) is 17.1 Å². The van der Waals surface area contributed by atoms with Crippen molar-refractivity contribution in [1.29, 1.82) is 0 Å². The van der Waals surface area contributed by atoms with Crippen LogP contribution in [0.15, 0.2) is 47.0 Å². The molecule has 1 N–H and O–H groups in total. The summed E-state index contributed by atoms with van der Waals surface area (Å²) in [6.07, 6.45) is 0. The minimum absolute atomic E-state index is 0.0908.